The molecule has 27 heavy (non-hydrogen) atoms. The molecule has 0 aliphatic carbocycles. The molecule has 1 amide bonds. The van der Waals surface area contributed by atoms with Crippen LogP contribution in [0.1, 0.15) is 48.9 Å². The highest BCUT2D eigenvalue weighted by Gasteiger charge is 2.38. The van der Waals surface area contributed by atoms with Gasteiger partial charge in [0.15, 0.2) is 5.82 Å². The molecule has 0 radical (unpaired) electrons. The van der Waals surface area contributed by atoms with Gasteiger partial charge in [-0.2, -0.15) is 18.2 Å². The summed E-state index contributed by atoms with van der Waals surface area (Å²) in [6.45, 7) is 0. The van der Waals surface area contributed by atoms with Crippen LogP contribution >= 0.6 is 0 Å². The van der Waals surface area contributed by atoms with E-state index in [1.165, 1.54) is 0 Å². The Kier molecular flexibility index (Phi) is 6.81. The number of aromatic nitrogens is 2. The van der Waals surface area contributed by atoms with Crippen LogP contribution < -0.4 is 10.6 Å². The van der Waals surface area contributed by atoms with Crippen molar-refractivity contribution in [2.24, 2.45) is 5.73 Å². The Morgan fingerprint density at radius 1 is 1.22 bits per heavy atom. The van der Waals surface area contributed by atoms with Crippen molar-refractivity contribution in [3.05, 3.63) is 41.5 Å². The zero-order chi connectivity index (χ0) is 20.0. The highest BCUT2D eigenvalue weighted by atomic mass is 19.4. The SMILES string of the molecule is CN(C)c1ccccc1C(CCCCCc1noc(C(F)(F)F)n1)C(N)=O. The van der Waals surface area contributed by atoms with Crippen LogP contribution in [0.2, 0.25) is 0 Å². The number of alkyl halides is 3. The van der Waals surface area contributed by atoms with E-state index in [-0.39, 0.29) is 12.2 Å². The molecule has 148 valence electrons. The molecule has 1 heterocycles. The zero-order valence-corrected chi connectivity index (χ0v) is 15.3. The lowest BCUT2D eigenvalue weighted by Gasteiger charge is -2.22. The summed E-state index contributed by atoms with van der Waals surface area (Å²) >= 11 is 0. The lowest BCUT2D eigenvalue weighted by Crippen LogP contribution is -2.24. The molecule has 0 aliphatic rings. The standard InChI is InChI=1S/C18H23F3N4O2/c1-25(2)14-10-7-6-8-12(14)13(16(22)26)9-4-3-5-11-15-23-17(27-24-15)18(19,20)21/h6-8,10,13H,3-5,9,11H2,1-2H3,(H2,22,26). The Morgan fingerprint density at radius 2 is 1.93 bits per heavy atom. The van der Waals surface area contributed by atoms with Crippen molar-refractivity contribution in [3.8, 4) is 0 Å². The van der Waals surface area contributed by atoms with Crippen LogP contribution in [0.4, 0.5) is 18.9 Å². The molecule has 1 aromatic carbocycles. The van der Waals surface area contributed by atoms with Crippen LogP contribution in [0.3, 0.4) is 0 Å². The van der Waals surface area contributed by atoms with Crippen LogP contribution in [0.25, 0.3) is 0 Å². The number of unbranched alkanes of at least 4 members (excludes halogenated alkanes) is 2. The molecule has 6 nitrogen and oxygen atoms in total. The lowest BCUT2D eigenvalue weighted by atomic mass is 9.91. The fourth-order valence-electron chi connectivity index (χ4n) is 2.92. The second-order valence-electron chi connectivity index (χ2n) is 6.52. The van der Waals surface area contributed by atoms with E-state index in [9.17, 15) is 18.0 Å². The van der Waals surface area contributed by atoms with Gasteiger partial charge in [0, 0.05) is 26.2 Å². The number of primary amides is 1. The maximum atomic E-state index is 12.4. The number of hydrogen-bond acceptors (Lipinski definition) is 5. The number of benzene rings is 1. The van der Waals surface area contributed by atoms with Gasteiger partial charge in [-0.3, -0.25) is 4.79 Å². The van der Waals surface area contributed by atoms with Gasteiger partial charge in [-0.15, -0.1) is 0 Å². The van der Waals surface area contributed by atoms with Crippen molar-refractivity contribution in [3.63, 3.8) is 0 Å². The Labute approximate surface area is 155 Å². The smallest absolute Gasteiger partial charge is 0.377 e. The second kappa shape index (κ2) is 8.88. The average Bonchev–Trinajstić information content (AvgIpc) is 3.07. The summed E-state index contributed by atoms with van der Waals surface area (Å²) in [5.74, 6) is -2.10. The molecule has 0 saturated heterocycles. The zero-order valence-electron chi connectivity index (χ0n) is 15.3. The molecule has 0 aliphatic heterocycles. The summed E-state index contributed by atoms with van der Waals surface area (Å²) < 4.78 is 41.4. The van der Waals surface area contributed by atoms with E-state index in [2.05, 4.69) is 14.7 Å². The van der Waals surface area contributed by atoms with E-state index >= 15 is 0 Å². The molecule has 1 aromatic heterocycles. The summed E-state index contributed by atoms with van der Waals surface area (Å²) in [7, 11) is 3.80. The Hall–Kier alpha value is -2.58. The van der Waals surface area contributed by atoms with Gasteiger partial charge >= 0.3 is 12.1 Å². The molecule has 2 N–H and O–H groups in total. The van der Waals surface area contributed by atoms with E-state index < -0.39 is 23.9 Å². The van der Waals surface area contributed by atoms with Crippen LogP contribution in [-0.2, 0) is 17.4 Å². The third kappa shape index (κ3) is 5.70. The number of amides is 1. The normalized spacial score (nSPS) is 12.8. The molecule has 2 aromatic rings. The maximum absolute atomic E-state index is 12.4. The van der Waals surface area contributed by atoms with Crippen molar-refractivity contribution in [2.75, 3.05) is 19.0 Å². The lowest BCUT2D eigenvalue weighted by molar-refractivity contribution is -0.159. The van der Waals surface area contributed by atoms with Crippen LogP contribution in [-0.4, -0.2) is 30.1 Å². The summed E-state index contributed by atoms with van der Waals surface area (Å²) in [6, 6.07) is 7.59. The fraction of sp³-hybridized carbons (Fsp3) is 0.500. The van der Waals surface area contributed by atoms with Gasteiger partial charge in [-0.25, -0.2) is 0 Å². The Bertz CT molecular complexity index is 759. The average molecular weight is 384 g/mol. The highest BCUT2D eigenvalue weighted by Crippen LogP contribution is 2.30. The predicted molar refractivity (Wildman–Crippen MR) is 94.2 cm³/mol. The second-order valence-corrected chi connectivity index (χ2v) is 6.52. The van der Waals surface area contributed by atoms with Gasteiger partial charge in [0.1, 0.15) is 0 Å². The minimum atomic E-state index is -4.63. The number of nitrogens with two attached hydrogens (primary N) is 1. The third-order valence-electron chi connectivity index (χ3n) is 4.24. The van der Waals surface area contributed by atoms with Gasteiger partial charge < -0.3 is 15.2 Å². The molecule has 0 saturated carbocycles. The number of carbonyl (C=O) groups is 1. The maximum Gasteiger partial charge on any atom is 0.471 e. The number of hydrogen-bond donors (Lipinski definition) is 1. The quantitative estimate of drug-likeness (QED) is 0.669. The largest absolute Gasteiger partial charge is 0.471 e. The number of rotatable bonds is 9. The van der Waals surface area contributed by atoms with E-state index in [4.69, 9.17) is 5.73 Å². The Balaban J connectivity index is 1.87. The van der Waals surface area contributed by atoms with Crippen LogP contribution in [0.5, 0.6) is 0 Å². The molecule has 0 bridgehead atoms. The third-order valence-corrected chi connectivity index (χ3v) is 4.24. The van der Waals surface area contributed by atoms with Crippen molar-refractivity contribution in [2.45, 2.75) is 44.2 Å². The molecule has 1 atom stereocenters. The summed E-state index contributed by atoms with van der Waals surface area (Å²) in [4.78, 5) is 17.2. The molecule has 0 fully saturated rings. The van der Waals surface area contributed by atoms with Gasteiger partial charge in [0.05, 0.1) is 5.92 Å². The Morgan fingerprint density at radius 3 is 2.52 bits per heavy atom. The topological polar surface area (TPSA) is 85.2 Å². The molecule has 9 heteroatoms. The van der Waals surface area contributed by atoms with Crippen molar-refractivity contribution >= 4 is 11.6 Å². The molecular formula is C18H23F3N4O2. The van der Waals surface area contributed by atoms with Crippen LogP contribution in [0.15, 0.2) is 28.8 Å². The molecular weight excluding hydrogens is 361 g/mol. The summed E-state index contributed by atoms with van der Waals surface area (Å²) in [5, 5.41) is 3.34. The molecule has 2 rings (SSSR count). The number of aryl methyl sites for hydroxylation is 1. The number of para-hydroxylation sites is 1. The predicted octanol–water partition coefficient (Wildman–Crippen LogP) is 3.53. The number of anilines is 1. The van der Waals surface area contributed by atoms with Gasteiger partial charge in [0.25, 0.3) is 0 Å². The minimum absolute atomic E-state index is 0.0340. The van der Waals surface area contributed by atoms with E-state index in [0.29, 0.717) is 25.7 Å². The molecule has 1 unspecified atom stereocenters. The first-order valence-corrected chi connectivity index (χ1v) is 8.65. The van der Waals surface area contributed by atoms with Crippen molar-refractivity contribution < 1.29 is 22.5 Å². The number of nitrogens with zero attached hydrogens (tertiary/aromatic N) is 3. The highest BCUT2D eigenvalue weighted by molar-refractivity contribution is 5.84. The first-order valence-electron chi connectivity index (χ1n) is 8.65. The van der Waals surface area contributed by atoms with E-state index in [0.717, 1.165) is 11.3 Å². The minimum Gasteiger partial charge on any atom is -0.377 e. The monoisotopic (exact) mass is 384 g/mol. The number of halogens is 3. The first kappa shape index (κ1) is 20.7. The van der Waals surface area contributed by atoms with Gasteiger partial charge in [0.2, 0.25) is 5.91 Å². The van der Waals surface area contributed by atoms with Gasteiger partial charge in [-0.1, -0.05) is 36.2 Å². The summed E-state index contributed by atoms with van der Waals surface area (Å²) in [5.41, 5.74) is 7.41. The number of carbonyl (C=O) groups excluding carboxylic acids is 1. The van der Waals surface area contributed by atoms with E-state index in [1.54, 1.807) is 0 Å². The van der Waals surface area contributed by atoms with Crippen molar-refractivity contribution in [1.82, 2.24) is 10.1 Å². The van der Waals surface area contributed by atoms with Gasteiger partial charge in [-0.05, 0) is 24.5 Å². The van der Waals surface area contributed by atoms with Crippen LogP contribution in [0, 0.1) is 0 Å². The van der Waals surface area contributed by atoms with E-state index in [1.807, 2.05) is 43.3 Å². The summed E-state index contributed by atoms with van der Waals surface area (Å²) in [6.07, 6.45) is -1.75. The molecule has 0 spiro atoms. The fourth-order valence-corrected chi connectivity index (χ4v) is 2.92. The van der Waals surface area contributed by atoms with Crippen molar-refractivity contribution in [1.29, 1.82) is 0 Å². The first-order chi connectivity index (χ1) is 12.7.